The maximum Gasteiger partial charge on any atom is 0.102 e. The van der Waals surface area contributed by atoms with Crippen molar-refractivity contribution in [1.29, 1.82) is 10.5 Å². The molecular formula is C35H24N4S2. The molecule has 41 heavy (non-hydrogen) atoms. The lowest BCUT2D eigenvalue weighted by atomic mass is 9.89. The van der Waals surface area contributed by atoms with Gasteiger partial charge in [-0.05, 0) is 66.1 Å². The second kappa shape index (κ2) is 10.1. The standard InChI is InChI=1S/C35H24N4S2/c1-22(2)35-23(20-36)29(38-25-11-3-7-15-31(25)40-32-16-8-4-12-26(32)38)19-30(24(35)21-37)39-27-13-5-9-17-33(27)41-34-18-10-6-14-28(34)39/h3-19,22H,1-2H3. The van der Waals surface area contributed by atoms with E-state index in [1.54, 1.807) is 23.5 Å². The largest absolute Gasteiger partial charge is 0.307 e. The molecule has 2 aliphatic rings. The van der Waals surface area contributed by atoms with Crippen LogP contribution in [-0.2, 0) is 0 Å². The van der Waals surface area contributed by atoms with E-state index in [0.717, 1.165) is 59.3 Å². The van der Waals surface area contributed by atoms with Gasteiger partial charge in [0, 0.05) is 19.6 Å². The van der Waals surface area contributed by atoms with Crippen LogP contribution in [0.15, 0.2) is 123 Å². The van der Waals surface area contributed by atoms with Crippen LogP contribution in [0.4, 0.5) is 34.1 Å². The Labute approximate surface area is 248 Å². The number of hydrogen-bond donors (Lipinski definition) is 0. The molecule has 6 heteroatoms. The van der Waals surface area contributed by atoms with Gasteiger partial charge in [0.2, 0.25) is 0 Å². The molecule has 5 aromatic rings. The van der Waals surface area contributed by atoms with Gasteiger partial charge >= 0.3 is 0 Å². The minimum atomic E-state index is -0.0488. The maximum absolute atomic E-state index is 10.7. The van der Waals surface area contributed by atoms with E-state index in [2.05, 4.69) is 90.4 Å². The molecule has 0 saturated carbocycles. The fourth-order valence-electron chi connectivity index (χ4n) is 5.77. The molecule has 2 aliphatic heterocycles. The number of hydrogen-bond acceptors (Lipinski definition) is 6. The second-order valence-electron chi connectivity index (χ2n) is 10.2. The van der Waals surface area contributed by atoms with Gasteiger partial charge in [-0.25, -0.2) is 0 Å². The summed E-state index contributed by atoms with van der Waals surface area (Å²) in [6, 6.07) is 40.4. The van der Waals surface area contributed by atoms with E-state index in [1.807, 2.05) is 48.5 Å². The highest BCUT2D eigenvalue weighted by molar-refractivity contribution is 8.00. The molecule has 196 valence electrons. The Morgan fingerprint density at radius 3 is 1.12 bits per heavy atom. The van der Waals surface area contributed by atoms with E-state index in [-0.39, 0.29) is 5.92 Å². The van der Waals surface area contributed by atoms with Gasteiger partial charge in [-0.3, -0.25) is 0 Å². The molecule has 0 radical (unpaired) electrons. The number of fused-ring (bicyclic) bond motifs is 4. The summed E-state index contributed by atoms with van der Waals surface area (Å²) in [5.74, 6) is -0.0488. The van der Waals surface area contributed by atoms with E-state index in [9.17, 15) is 10.5 Å². The molecule has 0 amide bonds. The van der Waals surface area contributed by atoms with Crippen molar-refractivity contribution in [2.75, 3.05) is 9.80 Å². The molecule has 0 N–H and O–H groups in total. The van der Waals surface area contributed by atoms with Crippen molar-refractivity contribution in [3.63, 3.8) is 0 Å². The molecular weight excluding hydrogens is 541 g/mol. The van der Waals surface area contributed by atoms with Crippen molar-refractivity contribution >= 4 is 57.6 Å². The average molecular weight is 565 g/mol. The minimum Gasteiger partial charge on any atom is -0.307 e. The van der Waals surface area contributed by atoms with Crippen LogP contribution < -0.4 is 9.80 Å². The number of nitrogens with zero attached hydrogens (tertiary/aromatic N) is 4. The summed E-state index contributed by atoms with van der Waals surface area (Å²) >= 11 is 3.47. The highest BCUT2D eigenvalue weighted by atomic mass is 32.2. The van der Waals surface area contributed by atoms with Crippen molar-refractivity contribution in [3.8, 4) is 12.1 Å². The Hall–Kier alpha value is -4.62. The summed E-state index contributed by atoms with van der Waals surface area (Å²) < 4.78 is 0. The van der Waals surface area contributed by atoms with Crippen LogP contribution in [0.1, 0.15) is 36.5 Å². The molecule has 7 rings (SSSR count). The first kappa shape index (κ1) is 25.4. The first-order valence-corrected chi connectivity index (χ1v) is 15.1. The quantitative estimate of drug-likeness (QED) is 0.213. The molecule has 0 fully saturated rings. The Morgan fingerprint density at radius 2 is 0.829 bits per heavy atom. The van der Waals surface area contributed by atoms with Crippen LogP contribution in [0.5, 0.6) is 0 Å². The molecule has 5 aromatic carbocycles. The lowest BCUT2D eigenvalue weighted by Crippen LogP contribution is -2.21. The van der Waals surface area contributed by atoms with Gasteiger partial charge in [0.05, 0.1) is 45.3 Å². The lowest BCUT2D eigenvalue weighted by Gasteiger charge is -2.37. The predicted octanol–water partition coefficient (Wildman–Crippen LogP) is 10.4. The summed E-state index contributed by atoms with van der Waals surface area (Å²) in [6.45, 7) is 4.12. The Morgan fingerprint density at radius 1 is 0.512 bits per heavy atom. The van der Waals surface area contributed by atoms with Gasteiger partial charge in [0.25, 0.3) is 0 Å². The van der Waals surface area contributed by atoms with Crippen LogP contribution in [-0.4, -0.2) is 0 Å². The summed E-state index contributed by atoms with van der Waals surface area (Å²) in [5.41, 5.74) is 7.47. The van der Waals surface area contributed by atoms with Crippen molar-refractivity contribution in [1.82, 2.24) is 0 Å². The Bertz CT molecular complexity index is 1710. The molecule has 0 atom stereocenters. The van der Waals surface area contributed by atoms with Crippen LogP contribution in [0.25, 0.3) is 0 Å². The van der Waals surface area contributed by atoms with Gasteiger partial charge in [-0.15, -0.1) is 0 Å². The first-order valence-electron chi connectivity index (χ1n) is 13.4. The monoisotopic (exact) mass is 564 g/mol. The number of nitriles is 2. The normalized spacial score (nSPS) is 13.0. The average Bonchev–Trinajstić information content (AvgIpc) is 3.01. The maximum atomic E-state index is 10.7. The summed E-state index contributed by atoms with van der Waals surface area (Å²) in [6.07, 6.45) is 0. The zero-order chi connectivity index (χ0) is 28.1. The highest BCUT2D eigenvalue weighted by Gasteiger charge is 2.33. The minimum absolute atomic E-state index is 0.0488. The molecule has 0 bridgehead atoms. The van der Waals surface area contributed by atoms with Crippen molar-refractivity contribution in [2.24, 2.45) is 0 Å². The van der Waals surface area contributed by atoms with Crippen LogP contribution >= 0.6 is 23.5 Å². The fourth-order valence-corrected chi connectivity index (χ4v) is 7.88. The fraction of sp³-hybridized carbons (Fsp3) is 0.0857. The first-order chi connectivity index (χ1) is 20.1. The predicted molar refractivity (Wildman–Crippen MR) is 168 cm³/mol. The molecule has 0 saturated heterocycles. The van der Waals surface area contributed by atoms with Crippen LogP contribution in [0.3, 0.4) is 0 Å². The smallest absolute Gasteiger partial charge is 0.102 e. The van der Waals surface area contributed by atoms with Crippen molar-refractivity contribution in [3.05, 3.63) is 120 Å². The summed E-state index contributed by atoms with van der Waals surface area (Å²) in [7, 11) is 0. The molecule has 0 spiro atoms. The van der Waals surface area contributed by atoms with E-state index in [4.69, 9.17) is 0 Å². The van der Waals surface area contributed by atoms with Crippen molar-refractivity contribution < 1.29 is 0 Å². The third kappa shape index (κ3) is 3.99. The van der Waals surface area contributed by atoms with Gasteiger partial charge in [0.1, 0.15) is 12.1 Å². The van der Waals surface area contributed by atoms with Crippen LogP contribution in [0.2, 0.25) is 0 Å². The zero-order valence-electron chi connectivity index (χ0n) is 22.5. The molecule has 2 heterocycles. The van der Waals surface area contributed by atoms with E-state index < -0.39 is 0 Å². The number of benzene rings is 5. The van der Waals surface area contributed by atoms with Gasteiger partial charge in [-0.1, -0.05) is 85.9 Å². The molecule has 0 unspecified atom stereocenters. The van der Waals surface area contributed by atoms with Gasteiger partial charge in [-0.2, -0.15) is 10.5 Å². The Balaban J connectivity index is 1.59. The zero-order valence-corrected chi connectivity index (χ0v) is 24.1. The number of anilines is 6. The van der Waals surface area contributed by atoms with Gasteiger partial charge in [0.15, 0.2) is 0 Å². The van der Waals surface area contributed by atoms with E-state index in [0.29, 0.717) is 11.1 Å². The van der Waals surface area contributed by atoms with E-state index >= 15 is 0 Å². The summed E-state index contributed by atoms with van der Waals surface area (Å²) in [4.78, 5) is 8.89. The van der Waals surface area contributed by atoms with Gasteiger partial charge < -0.3 is 9.80 Å². The van der Waals surface area contributed by atoms with Crippen molar-refractivity contribution in [2.45, 2.75) is 39.3 Å². The number of para-hydroxylation sites is 4. The molecule has 0 aromatic heterocycles. The topological polar surface area (TPSA) is 54.1 Å². The van der Waals surface area contributed by atoms with Crippen LogP contribution in [0, 0.1) is 22.7 Å². The third-order valence-electron chi connectivity index (χ3n) is 7.47. The molecule has 4 nitrogen and oxygen atoms in total. The number of rotatable bonds is 3. The third-order valence-corrected chi connectivity index (χ3v) is 9.73. The lowest BCUT2D eigenvalue weighted by molar-refractivity contribution is 0.857. The highest BCUT2D eigenvalue weighted by Crippen LogP contribution is 2.56. The SMILES string of the molecule is CC(C)c1c(C#N)c(N2c3ccccc3Sc3ccccc32)cc(N2c3ccccc3Sc3ccccc32)c1C#N. The van der Waals surface area contributed by atoms with E-state index in [1.165, 1.54) is 0 Å². The Kier molecular flexibility index (Phi) is 6.24. The second-order valence-corrected chi connectivity index (χ2v) is 12.4. The molecule has 0 aliphatic carbocycles. The summed E-state index contributed by atoms with van der Waals surface area (Å²) in [5, 5.41) is 21.4.